The van der Waals surface area contributed by atoms with Crippen molar-refractivity contribution in [3.63, 3.8) is 0 Å². The molecule has 0 unspecified atom stereocenters. The lowest BCUT2D eigenvalue weighted by molar-refractivity contribution is 0.242. The Morgan fingerprint density at radius 1 is 1.05 bits per heavy atom. The molecule has 3 heteroatoms. The molecule has 1 aliphatic heterocycles. The highest BCUT2D eigenvalue weighted by atomic mass is 16.2. The minimum atomic E-state index is 0.334. The lowest BCUT2D eigenvalue weighted by Gasteiger charge is -2.36. The third kappa shape index (κ3) is 4.51. The maximum atomic E-state index is 8.77. The summed E-state index contributed by atoms with van der Waals surface area (Å²) >= 11 is 0. The van der Waals surface area contributed by atoms with Gasteiger partial charge in [0, 0.05) is 38.5 Å². The molecule has 0 bridgehead atoms. The quantitative estimate of drug-likeness (QED) is 0.797. The molecule has 0 atom stereocenters. The number of unbranched alkanes of at least 4 members (excludes halogenated alkanes) is 2. The molecule has 0 aliphatic carbocycles. The molecule has 0 radical (unpaired) electrons. The van der Waals surface area contributed by atoms with Gasteiger partial charge in [-0.05, 0) is 50.4 Å². The highest BCUT2D eigenvalue weighted by molar-refractivity contribution is 5.48. The largest absolute Gasteiger partial charge is 0.396 e. The number of aliphatic hydroxyl groups excluding tert-OH is 1. The van der Waals surface area contributed by atoms with E-state index in [0.717, 1.165) is 39.0 Å². The summed E-state index contributed by atoms with van der Waals surface area (Å²) in [7, 11) is 0. The van der Waals surface area contributed by atoms with Crippen LogP contribution in [0.25, 0.3) is 0 Å². The monoisotopic (exact) mass is 262 g/mol. The molecular weight excluding hydrogens is 236 g/mol. The molecule has 0 aromatic heterocycles. The molecule has 3 nitrogen and oxygen atoms in total. The highest BCUT2D eigenvalue weighted by Crippen LogP contribution is 2.17. The van der Waals surface area contributed by atoms with Crippen molar-refractivity contribution in [2.24, 2.45) is 0 Å². The normalized spacial score (nSPS) is 16.8. The van der Waals surface area contributed by atoms with Crippen molar-refractivity contribution in [2.45, 2.75) is 26.2 Å². The summed E-state index contributed by atoms with van der Waals surface area (Å²) in [6, 6.07) is 8.79. The first-order valence-electron chi connectivity index (χ1n) is 7.44. The van der Waals surface area contributed by atoms with Gasteiger partial charge in [-0.1, -0.05) is 12.1 Å². The summed E-state index contributed by atoms with van der Waals surface area (Å²) in [5.41, 5.74) is 2.70. The van der Waals surface area contributed by atoms with Crippen LogP contribution in [0.5, 0.6) is 0 Å². The van der Waals surface area contributed by atoms with E-state index in [1.54, 1.807) is 0 Å². The smallest absolute Gasteiger partial charge is 0.0431 e. The van der Waals surface area contributed by atoms with Gasteiger partial charge in [0.15, 0.2) is 0 Å². The van der Waals surface area contributed by atoms with Gasteiger partial charge in [0.2, 0.25) is 0 Å². The molecule has 19 heavy (non-hydrogen) atoms. The van der Waals surface area contributed by atoms with Crippen LogP contribution in [-0.4, -0.2) is 49.3 Å². The van der Waals surface area contributed by atoms with Gasteiger partial charge in [-0.25, -0.2) is 0 Å². The molecule has 1 aromatic carbocycles. The number of rotatable bonds is 6. The van der Waals surface area contributed by atoms with Crippen LogP contribution < -0.4 is 4.90 Å². The van der Waals surface area contributed by atoms with Gasteiger partial charge in [-0.2, -0.15) is 0 Å². The fourth-order valence-electron chi connectivity index (χ4n) is 2.68. The van der Waals surface area contributed by atoms with Gasteiger partial charge >= 0.3 is 0 Å². The molecule has 1 fully saturated rings. The van der Waals surface area contributed by atoms with Crippen molar-refractivity contribution in [1.29, 1.82) is 0 Å². The van der Waals surface area contributed by atoms with Crippen LogP contribution >= 0.6 is 0 Å². The summed E-state index contributed by atoms with van der Waals surface area (Å²) in [4.78, 5) is 5.03. The first kappa shape index (κ1) is 14.4. The second-order valence-corrected chi connectivity index (χ2v) is 5.45. The van der Waals surface area contributed by atoms with E-state index in [4.69, 9.17) is 5.11 Å². The molecule has 0 saturated carbocycles. The molecule has 1 heterocycles. The van der Waals surface area contributed by atoms with Crippen LogP contribution in [0.2, 0.25) is 0 Å². The Labute approximate surface area is 116 Å². The van der Waals surface area contributed by atoms with Crippen molar-refractivity contribution < 1.29 is 5.11 Å². The molecule has 106 valence electrons. The first-order valence-corrected chi connectivity index (χ1v) is 7.44. The van der Waals surface area contributed by atoms with E-state index in [9.17, 15) is 0 Å². The number of aliphatic hydroxyl groups is 1. The van der Waals surface area contributed by atoms with E-state index < -0.39 is 0 Å². The van der Waals surface area contributed by atoms with Crippen LogP contribution in [0.15, 0.2) is 24.3 Å². The summed E-state index contributed by atoms with van der Waals surface area (Å²) in [6.45, 7) is 8.25. The average molecular weight is 262 g/mol. The lowest BCUT2D eigenvalue weighted by atomic mass is 10.2. The van der Waals surface area contributed by atoms with Crippen LogP contribution in [0.4, 0.5) is 5.69 Å². The predicted molar refractivity (Wildman–Crippen MR) is 80.8 cm³/mol. The van der Waals surface area contributed by atoms with Crippen molar-refractivity contribution in [3.05, 3.63) is 29.8 Å². The second-order valence-electron chi connectivity index (χ2n) is 5.45. The van der Waals surface area contributed by atoms with Gasteiger partial charge in [-0.15, -0.1) is 0 Å². The minimum absolute atomic E-state index is 0.334. The number of aryl methyl sites for hydroxylation is 1. The summed E-state index contributed by atoms with van der Waals surface area (Å²) < 4.78 is 0. The Morgan fingerprint density at radius 3 is 2.53 bits per heavy atom. The number of piperazine rings is 1. The third-order valence-electron chi connectivity index (χ3n) is 3.87. The van der Waals surface area contributed by atoms with Crippen molar-refractivity contribution in [2.75, 3.05) is 44.2 Å². The molecule has 1 N–H and O–H groups in total. The van der Waals surface area contributed by atoms with Crippen LogP contribution in [-0.2, 0) is 0 Å². The minimum Gasteiger partial charge on any atom is -0.396 e. The van der Waals surface area contributed by atoms with E-state index in [1.165, 1.54) is 24.2 Å². The Morgan fingerprint density at radius 2 is 1.84 bits per heavy atom. The molecule has 1 aromatic rings. The van der Waals surface area contributed by atoms with Gasteiger partial charge < -0.3 is 10.0 Å². The zero-order valence-corrected chi connectivity index (χ0v) is 12.0. The average Bonchev–Trinajstić information content (AvgIpc) is 2.44. The fourth-order valence-corrected chi connectivity index (χ4v) is 2.68. The zero-order valence-electron chi connectivity index (χ0n) is 12.0. The number of nitrogens with zero attached hydrogens (tertiary/aromatic N) is 2. The van der Waals surface area contributed by atoms with E-state index in [-0.39, 0.29) is 0 Å². The Balaban J connectivity index is 1.73. The van der Waals surface area contributed by atoms with Crippen LogP contribution in [0, 0.1) is 6.92 Å². The molecule has 1 aliphatic rings. The molecule has 0 spiro atoms. The fraction of sp³-hybridized carbons (Fsp3) is 0.625. The van der Waals surface area contributed by atoms with Gasteiger partial charge in [-0.3, -0.25) is 4.90 Å². The number of hydrogen-bond acceptors (Lipinski definition) is 3. The molecule has 2 rings (SSSR count). The summed E-state index contributed by atoms with van der Waals surface area (Å²) in [6.07, 6.45) is 3.31. The standard InChI is InChI=1S/C16H26N2O/c1-15-6-5-7-16(14-15)18-11-9-17(10-12-18)8-3-2-4-13-19/h5-7,14,19H,2-4,8-13H2,1H3. The van der Waals surface area contributed by atoms with E-state index in [1.807, 2.05) is 0 Å². The van der Waals surface area contributed by atoms with Gasteiger partial charge in [0.05, 0.1) is 0 Å². The predicted octanol–water partition coefficient (Wildman–Crippen LogP) is 2.28. The van der Waals surface area contributed by atoms with Crippen LogP contribution in [0.1, 0.15) is 24.8 Å². The van der Waals surface area contributed by atoms with Crippen molar-refractivity contribution in [1.82, 2.24) is 4.90 Å². The Hall–Kier alpha value is -1.06. The Bertz CT molecular complexity index is 373. The van der Waals surface area contributed by atoms with Crippen LogP contribution in [0.3, 0.4) is 0 Å². The first-order chi connectivity index (χ1) is 9.29. The summed E-state index contributed by atoms with van der Waals surface area (Å²) in [5.74, 6) is 0. The highest BCUT2D eigenvalue weighted by Gasteiger charge is 2.16. The summed E-state index contributed by atoms with van der Waals surface area (Å²) in [5, 5.41) is 8.77. The van der Waals surface area contributed by atoms with Crippen molar-refractivity contribution >= 4 is 5.69 Å². The van der Waals surface area contributed by atoms with E-state index >= 15 is 0 Å². The number of benzene rings is 1. The van der Waals surface area contributed by atoms with Gasteiger partial charge in [0.1, 0.15) is 0 Å². The van der Waals surface area contributed by atoms with E-state index in [2.05, 4.69) is 41.0 Å². The van der Waals surface area contributed by atoms with Crippen molar-refractivity contribution in [3.8, 4) is 0 Å². The SMILES string of the molecule is Cc1cccc(N2CCN(CCCCCO)CC2)c1. The number of anilines is 1. The second kappa shape index (κ2) is 7.51. The topological polar surface area (TPSA) is 26.7 Å². The molecular formula is C16H26N2O. The lowest BCUT2D eigenvalue weighted by Crippen LogP contribution is -2.46. The molecule has 0 amide bonds. The Kier molecular flexibility index (Phi) is 5.67. The molecule has 1 saturated heterocycles. The third-order valence-corrected chi connectivity index (χ3v) is 3.87. The van der Waals surface area contributed by atoms with Gasteiger partial charge in [0.25, 0.3) is 0 Å². The zero-order chi connectivity index (χ0) is 13.5. The maximum absolute atomic E-state index is 8.77. The van der Waals surface area contributed by atoms with E-state index in [0.29, 0.717) is 6.61 Å². The maximum Gasteiger partial charge on any atom is 0.0431 e. The number of hydrogen-bond donors (Lipinski definition) is 1.